The molecule has 0 radical (unpaired) electrons. The molecule has 1 heterocycles. The van der Waals surface area contributed by atoms with Crippen LogP contribution in [0, 0.1) is 0 Å². The van der Waals surface area contributed by atoms with Crippen molar-refractivity contribution in [3.63, 3.8) is 0 Å². The van der Waals surface area contributed by atoms with Gasteiger partial charge in [-0.15, -0.1) is 0 Å². The summed E-state index contributed by atoms with van der Waals surface area (Å²) in [4.78, 5) is 0. The van der Waals surface area contributed by atoms with Gasteiger partial charge in [-0.05, 0) is 19.1 Å². The van der Waals surface area contributed by atoms with Gasteiger partial charge < -0.3 is 22.8 Å². The standard InChI is InChI=1S/C9H22O5Si2/c1-10-9(11-2)7-8-15(5,12-3)16(6,13-4)14-9/h7-8H2,1-6H3. The molecule has 7 heteroatoms. The first-order chi connectivity index (χ1) is 7.41. The SMILES string of the molecule is COC1(OC)CC[Si](C)(OC)[Si](C)(OC)O1. The third kappa shape index (κ3) is 2.13. The second-order valence-corrected chi connectivity index (χ2v) is 16.0. The third-order valence-corrected chi connectivity index (χ3v) is 17.2. The second-order valence-electron chi connectivity index (χ2n) is 4.28. The lowest BCUT2D eigenvalue weighted by atomic mass is 10.4. The lowest BCUT2D eigenvalue weighted by Crippen LogP contribution is -2.71. The van der Waals surface area contributed by atoms with Gasteiger partial charge in [-0.3, -0.25) is 0 Å². The van der Waals surface area contributed by atoms with Gasteiger partial charge in [-0.1, -0.05) is 0 Å². The summed E-state index contributed by atoms with van der Waals surface area (Å²) in [6.45, 7) is 4.17. The molecule has 1 rings (SSSR count). The highest BCUT2D eigenvalue weighted by Crippen LogP contribution is 2.40. The molecule has 0 saturated carbocycles. The van der Waals surface area contributed by atoms with Gasteiger partial charge in [0.1, 0.15) is 0 Å². The van der Waals surface area contributed by atoms with Crippen molar-refractivity contribution in [2.24, 2.45) is 0 Å². The maximum absolute atomic E-state index is 6.02. The van der Waals surface area contributed by atoms with Crippen LogP contribution in [0.4, 0.5) is 0 Å². The molecule has 0 bridgehead atoms. The van der Waals surface area contributed by atoms with Gasteiger partial charge in [-0.25, -0.2) is 0 Å². The maximum atomic E-state index is 6.02. The Labute approximate surface area is 99.1 Å². The highest BCUT2D eigenvalue weighted by molar-refractivity contribution is 7.34. The average Bonchev–Trinajstić information content (AvgIpc) is 2.33. The minimum atomic E-state index is -2.37. The first-order valence-corrected chi connectivity index (χ1v) is 11.2. The van der Waals surface area contributed by atoms with Crippen molar-refractivity contribution < 1.29 is 22.8 Å². The van der Waals surface area contributed by atoms with Crippen LogP contribution < -0.4 is 0 Å². The van der Waals surface area contributed by atoms with E-state index in [1.165, 1.54) is 0 Å². The van der Waals surface area contributed by atoms with Crippen LogP contribution in [0.3, 0.4) is 0 Å². The Hall–Kier alpha value is 0.234. The van der Waals surface area contributed by atoms with Gasteiger partial charge in [0.25, 0.3) is 5.97 Å². The summed E-state index contributed by atoms with van der Waals surface area (Å²) in [5, 5.41) is 0. The largest absolute Gasteiger partial charge is 0.417 e. The number of methoxy groups -OCH3 is 2. The molecule has 0 amide bonds. The fraction of sp³-hybridized carbons (Fsp3) is 1.00. The molecule has 0 aromatic rings. The van der Waals surface area contributed by atoms with Gasteiger partial charge >= 0.3 is 8.08 Å². The summed E-state index contributed by atoms with van der Waals surface area (Å²) in [7, 11) is 2.27. The molecule has 0 N–H and O–H groups in total. The number of rotatable bonds is 4. The van der Waals surface area contributed by atoms with Crippen molar-refractivity contribution in [2.45, 2.75) is 31.5 Å². The smallest absolute Gasteiger partial charge is 0.350 e. The van der Waals surface area contributed by atoms with E-state index in [9.17, 15) is 0 Å². The lowest BCUT2D eigenvalue weighted by Gasteiger charge is -2.49. The third-order valence-electron chi connectivity index (χ3n) is 3.68. The highest BCUT2D eigenvalue weighted by atomic mass is 29.3. The molecule has 96 valence electrons. The second kappa shape index (κ2) is 4.85. The molecule has 0 aromatic heterocycles. The monoisotopic (exact) mass is 266 g/mol. The molecular formula is C9H22O5Si2. The Morgan fingerprint density at radius 3 is 1.94 bits per heavy atom. The van der Waals surface area contributed by atoms with Crippen molar-refractivity contribution >= 4 is 15.9 Å². The van der Waals surface area contributed by atoms with Crippen LogP contribution >= 0.6 is 0 Å². The van der Waals surface area contributed by atoms with Crippen LogP contribution in [0.1, 0.15) is 6.42 Å². The van der Waals surface area contributed by atoms with E-state index in [4.69, 9.17) is 22.8 Å². The Bertz CT molecular complexity index is 248. The average molecular weight is 266 g/mol. The Kier molecular flexibility index (Phi) is 4.33. The molecule has 0 spiro atoms. The van der Waals surface area contributed by atoms with Crippen molar-refractivity contribution in [1.82, 2.24) is 0 Å². The van der Waals surface area contributed by atoms with E-state index in [0.29, 0.717) is 6.42 Å². The van der Waals surface area contributed by atoms with Crippen LogP contribution in [0.25, 0.3) is 0 Å². The lowest BCUT2D eigenvalue weighted by molar-refractivity contribution is -0.334. The topological polar surface area (TPSA) is 46.2 Å². The predicted octanol–water partition coefficient (Wildman–Crippen LogP) is 1.37. The van der Waals surface area contributed by atoms with Crippen molar-refractivity contribution in [2.75, 3.05) is 28.4 Å². The van der Waals surface area contributed by atoms with Crippen molar-refractivity contribution in [1.29, 1.82) is 0 Å². The van der Waals surface area contributed by atoms with Gasteiger partial charge in [0, 0.05) is 34.9 Å². The molecule has 1 fully saturated rings. The van der Waals surface area contributed by atoms with Crippen molar-refractivity contribution in [3.8, 4) is 0 Å². The van der Waals surface area contributed by atoms with Crippen molar-refractivity contribution in [3.05, 3.63) is 0 Å². The highest BCUT2D eigenvalue weighted by Gasteiger charge is 2.62. The fourth-order valence-corrected chi connectivity index (χ4v) is 10.7. The number of ether oxygens (including phenoxy) is 2. The zero-order chi connectivity index (χ0) is 12.4. The van der Waals surface area contributed by atoms with E-state index in [2.05, 4.69) is 6.55 Å². The van der Waals surface area contributed by atoms with Crippen LogP contribution in [-0.4, -0.2) is 50.3 Å². The molecule has 2 atom stereocenters. The quantitative estimate of drug-likeness (QED) is 0.568. The van der Waals surface area contributed by atoms with E-state index < -0.39 is 21.9 Å². The van der Waals surface area contributed by atoms with E-state index in [1.807, 2.05) is 6.55 Å². The zero-order valence-corrected chi connectivity index (χ0v) is 13.0. The summed E-state index contributed by atoms with van der Waals surface area (Å²) >= 11 is 0. The molecule has 0 aliphatic carbocycles. The van der Waals surface area contributed by atoms with E-state index in [0.717, 1.165) is 6.04 Å². The summed E-state index contributed by atoms with van der Waals surface area (Å²) in [5.74, 6) is -0.956. The van der Waals surface area contributed by atoms with Crippen LogP contribution in [0.15, 0.2) is 0 Å². The first-order valence-electron chi connectivity index (χ1n) is 5.31. The zero-order valence-electron chi connectivity index (χ0n) is 11.0. The Morgan fingerprint density at radius 2 is 1.56 bits per heavy atom. The Morgan fingerprint density at radius 1 is 1.00 bits per heavy atom. The van der Waals surface area contributed by atoms with Crippen LogP contribution in [-0.2, 0) is 22.8 Å². The van der Waals surface area contributed by atoms with Gasteiger partial charge in [-0.2, -0.15) is 0 Å². The molecule has 0 aromatic carbocycles. The summed E-state index contributed by atoms with van der Waals surface area (Å²) < 4.78 is 28.0. The first kappa shape index (κ1) is 14.3. The molecule has 16 heavy (non-hydrogen) atoms. The molecule has 5 nitrogen and oxygen atoms in total. The minimum Gasteiger partial charge on any atom is -0.417 e. The van der Waals surface area contributed by atoms with Gasteiger partial charge in [0.15, 0.2) is 0 Å². The van der Waals surface area contributed by atoms with Gasteiger partial charge in [0.05, 0.1) is 0 Å². The fourth-order valence-electron chi connectivity index (χ4n) is 1.99. The van der Waals surface area contributed by atoms with E-state index in [1.54, 1.807) is 28.4 Å². The molecule has 2 unspecified atom stereocenters. The predicted molar refractivity (Wildman–Crippen MR) is 64.5 cm³/mol. The van der Waals surface area contributed by atoms with E-state index in [-0.39, 0.29) is 0 Å². The normalized spacial score (nSPS) is 38.6. The molecule has 1 aliphatic heterocycles. The summed E-state index contributed by atoms with van der Waals surface area (Å²) in [6.07, 6.45) is 0.683. The Balaban J connectivity index is 2.98. The van der Waals surface area contributed by atoms with Gasteiger partial charge in [0.2, 0.25) is 7.83 Å². The van der Waals surface area contributed by atoms with Crippen LogP contribution in [0.2, 0.25) is 19.1 Å². The summed E-state index contributed by atoms with van der Waals surface area (Å²) in [6, 6.07) is 0.918. The number of hydrogen-bond donors (Lipinski definition) is 0. The minimum absolute atomic E-state index is 0.683. The van der Waals surface area contributed by atoms with E-state index >= 15 is 0 Å². The number of hydrogen-bond acceptors (Lipinski definition) is 5. The van der Waals surface area contributed by atoms with Crippen LogP contribution in [0.5, 0.6) is 0 Å². The molecular weight excluding hydrogens is 244 g/mol. The molecule has 1 saturated heterocycles. The maximum Gasteiger partial charge on any atom is 0.350 e. The summed E-state index contributed by atoms with van der Waals surface area (Å²) in [5.41, 5.74) is 0. The molecule has 1 aliphatic rings.